The summed E-state index contributed by atoms with van der Waals surface area (Å²) in [5.41, 5.74) is 6.87. The number of hydrogen-bond donors (Lipinski definition) is 3. The van der Waals surface area contributed by atoms with E-state index in [-0.39, 0.29) is 24.8 Å². The smallest absolute Gasteiger partial charge is 0.238 e. The molecule has 0 aliphatic heterocycles. The number of benzene rings is 1. The number of carbonyl (C=O) groups excluding carboxylic acids is 2. The maximum Gasteiger partial charge on any atom is 0.238 e. The topological polar surface area (TPSA) is 81.7 Å². The van der Waals surface area contributed by atoms with Crippen LogP contribution in [0.1, 0.15) is 24.8 Å². The van der Waals surface area contributed by atoms with E-state index in [0.717, 1.165) is 11.3 Å². The number of nitrogens with one attached hydrogen (secondary N) is 2. The van der Waals surface area contributed by atoms with Crippen LogP contribution in [0.5, 0.6) is 0 Å². The molecule has 116 valence electrons. The molecule has 0 radical (unpaired) electrons. The number of carbonyl (C=O) groups is 2. The van der Waals surface area contributed by atoms with Crippen molar-refractivity contribution in [3.63, 3.8) is 0 Å². The van der Waals surface area contributed by atoms with Crippen LogP contribution >= 0.6 is 0 Å². The van der Waals surface area contributed by atoms with Gasteiger partial charge in [-0.1, -0.05) is 12.1 Å². The van der Waals surface area contributed by atoms with E-state index < -0.39 is 0 Å². The standard InChI is InChI=1S/C15H23N3O3/c1-18(2)13-8-5-12(6-9-13)7-10-15(21)17-16-14(20)4-3-11-19/h5-6,8-9,19H,3-4,7,10-11H2,1-2H3,(H,16,20)(H,17,21). The summed E-state index contributed by atoms with van der Waals surface area (Å²) in [4.78, 5) is 24.8. The molecule has 1 aromatic rings. The summed E-state index contributed by atoms with van der Waals surface area (Å²) < 4.78 is 0. The second kappa shape index (κ2) is 8.97. The number of rotatable bonds is 7. The molecule has 2 amide bonds. The van der Waals surface area contributed by atoms with Crippen LogP contribution in [0.2, 0.25) is 0 Å². The predicted octanol–water partition coefficient (Wildman–Crippen LogP) is 0.605. The molecule has 0 saturated carbocycles. The van der Waals surface area contributed by atoms with Crippen LogP contribution in [0.3, 0.4) is 0 Å². The molecule has 0 heterocycles. The van der Waals surface area contributed by atoms with Gasteiger partial charge in [0.05, 0.1) is 0 Å². The van der Waals surface area contributed by atoms with Gasteiger partial charge in [-0.3, -0.25) is 20.4 Å². The molecule has 0 atom stereocenters. The van der Waals surface area contributed by atoms with Crippen LogP contribution in [0.4, 0.5) is 5.69 Å². The minimum Gasteiger partial charge on any atom is -0.396 e. The molecule has 0 aliphatic rings. The summed E-state index contributed by atoms with van der Waals surface area (Å²) in [5, 5.41) is 8.59. The number of aliphatic hydroxyl groups excluding tert-OH is 1. The van der Waals surface area contributed by atoms with Gasteiger partial charge in [0.2, 0.25) is 11.8 Å². The SMILES string of the molecule is CN(C)c1ccc(CCC(=O)NNC(=O)CCCO)cc1. The van der Waals surface area contributed by atoms with Gasteiger partial charge < -0.3 is 10.0 Å². The van der Waals surface area contributed by atoms with Crippen molar-refractivity contribution in [1.82, 2.24) is 10.9 Å². The highest BCUT2D eigenvalue weighted by atomic mass is 16.3. The van der Waals surface area contributed by atoms with Gasteiger partial charge in [0.25, 0.3) is 0 Å². The van der Waals surface area contributed by atoms with E-state index in [2.05, 4.69) is 10.9 Å². The van der Waals surface area contributed by atoms with Crippen molar-refractivity contribution in [2.24, 2.45) is 0 Å². The third-order valence-corrected chi connectivity index (χ3v) is 3.00. The van der Waals surface area contributed by atoms with Crippen LogP contribution in [0.25, 0.3) is 0 Å². The largest absolute Gasteiger partial charge is 0.396 e. The highest BCUT2D eigenvalue weighted by Crippen LogP contribution is 2.13. The number of amides is 2. The monoisotopic (exact) mass is 293 g/mol. The van der Waals surface area contributed by atoms with Crippen molar-refractivity contribution in [2.45, 2.75) is 25.7 Å². The van der Waals surface area contributed by atoms with Crippen LogP contribution in [-0.2, 0) is 16.0 Å². The van der Waals surface area contributed by atoms with Crippen molar-refractivity contribution in [3.8, 4) is 0 Å². The lowest BCUT2D eigenvalue weighted by Crippen LogP contribution is -2.41. The van der Waals surface area contributed by atoms with E-state index in [1.165, 1.54) is 0 Å². The average molecular weight is 293 g/mol. The number of anilines is 1. The Balaban J connectivity index is 2.28. The van der Waals surface area contributed by atoms with E-state index in [1.807, 2.05) is 43.3 Å². The number of aliphatic hydroxyl groups is 1. The molecule has 0 saturated heterocycles. The normalized spacial score (nSPS) is 10.0. The van der Waals surface area contributed by atoms with Gasteiger partial charge in [-0.25, -0.2) is 0 Å². The van der Waals surface area contributed by atoms with Crippen molar-refractivity contribution < 1.29 is 14.7 Å². The van der Waals surface area contributed by atoms with Crippen molar-refractivity contribution in [1.29, 1.82) is 0 Å². The van der Waals surface area contributed by atoms with Crippen LogP contribution in [0.15, 0.2) is 24.3 Å². The summed E-state index contributed by atoms with van der Waals surface area (Å²) in [6.45, 7) is -0.0374. The first-order chi connectivity index (χ1) is 10.0. The Kier molecular flexibility index (Phi) is 7.25. The first kappa shape index (κ1) is 17.0. The summed E-state index contributed by atoms with van der Waals surface area (Å²) >= 11 is 0. The van der Waals surface area contributed by atoms with Crippen molar-refractivity contribution >= 4 is 17.5 Å². The third kappa shape index (κ3) is 6.76. The van der Waals surface area contributed by atoms with Gasteiger partial charge in [0.15, 0.2) is 0 Å². The first-order valence-electron chi connectivity index (χ1n) is 6.97. The van der Waals surface area contributed by atoms with E-state index >= 15 is 0 Å². The molecule has 0 unspecified atom stereocenters. The predicted molar refractivity (Wildman–Crippen MR) is 81.7 cm³/mol. The van der Waals surface area contributed by atoms with Gasteiger partial charge in [0, 0.05) is 39.2 Å². The van der Waals surface area contributed by atoms with Crippen molar-refractivity contribution in [2.75, 3.05) is 25.6 Å². The molecule has 1 aromatic carbocycles. The van der Waals surface area contributed by atoms with E-state index in [9.17, 15) is 9.59 Å². The van der Waals surface area contributed by atoms with E-state index in [1.54, 1.807) is 0 Å². The quantitative estimate of drug-likeness (QED) is 0.643. The Morgan fingerprint density at radius 2 is 1.62 bits per heavy atom. The molecule has 0 fully saturated rings. The van der Waals surface area contributed by atoms with Crippen LogP contribution < -0.4 is 15.8 Å². The van der Waals surface area contributed by atoms with Crippen molar-refractivity contribution in [3.05, 3.63) is 29.8 Å². The molecule has 0 spiro atoms. The highest BCUT2D eigenvalue weighted by molar-refractivity contribution is 5.82. The summed E-state index contributed by atoms with van der Waals surface area (Å²) in [5.74, 6) is -0.531. The maximum atomic E-state index is 11.6. The summed E-state index contributed by atoms with van der Waals surface area (Å²) in [7, 11) is 3.95. The van der Waals surface area contributed by atoms with Gasteiger partial charge >= 0.3 is 0 Å². The Morgan fingerprint density at radius 1 is 1.05 bits per heavy atom. The molecule has 0 aromatic heterocycles. The number of hydrazine groups is 1. The molecule has 0 bridgehead atoms. The number of aryl methyl sites for hydroxylation is 1. The van der Waals surface area contributed by atoms with E-state index in [4.69, 9.17) is 5.11 Å². The summed E-state index contributed by atoms with van der Waals surface area (Å²) in [6.07, 6.45) is 1.51. The molecular weight excluding hydrogens is 270 g/mol. The Labute approximate surface area is 125 Å². The lowest BCUT2D eigenvalue weighted by molar-refractivity contribution is -0.129. The fourth-order valence-electron chi connectivity index (χ4n) is 1.72. The van der Waals surface area contributed by atoms with Gasteiger partial charge in [-0.2, -0.15) is 0 Å². The second-order valence-electron chi connectivity index (χ2n) is 4.98. The molecule has 6 heteroatoms. The number of nitrogens with zero attached hydrogens (tertiary/aromatic N) is 1. The lowest BCUT2D eigenvalue weighted by Gasteiger charge is -2.12. The Hall–Kier alpha value is -2.08. The van der Waals surface area contributed by atoms with Crippen LogP contribution in [-0.4, -0.2) is 37.6 Å². The zero-order chi connectivity index (χ0) is 15.7. The molecule has 3 N–H and O–H groups in total. The second-order valence-corrected chi connectivity index (χ2v) is 4.98. The third-order valence-electron chi connectivity index (χ3n) is 3.00. The lowest BCUT2D eigenvalue weighted by atomic mass is 10.1. The van der Waals surface area contributed by atoms with Gasteiger partial charge in [-0.15, -0.1) is 0 Å². The number of hydrogen-bond acceptors (Lipinski definition) is 4. The van der Waals surface area contributed by atoms with E-state index in [0.29, 0.717) is 19.3 Å². The maximum absolute atomic E-state index is 11.6. The minimum absolute atomic E-state index is 0.0374. The molecule has 21 heavy (non-hydrogen) atoms. The van der Waals surface area contributed by atoms with Gasteiger partial charge in [-0.05, 0) is 30.5 Å². The fraction of sp³-hybridized carbons (Fsp3) is 0.467. The molecule has 0 aliphatic carbocycles. The average Bonchev–Trinajstić information content (AvgIpc) is 2.49. The Morgan fingerprint density at radius 3 is 2.14 bits per heavy atom. The molecule has 1 rings (SSSR count). The first-order valence-corrected chi connectivity index (χ1v) is 6.97. The zero-order valence-electron chi connectivity index (χ0n) is 12.6. The fourth-order valence-corrected chi connectivity index (χ4v) is 1.72. The minimum atomic E-state index is -0.298. The molecule has 6 nitrogen and oxygen atoms in total. The highest BCUT2D eigenvalue weighted by Gasteiger charge is 2.05. The zero-order valence-corrected chi connectivity index (χ0v) is 12.6. The van der Waals surface area contributed by atoms with Crippen LogP contribution in [0, 0.1) is 0 Å². The van der Waals surface area contributed by atoms with Gasteiger partial charge in [0.1, 0.15) is 0 Å². The Bertz CT molecular complexity index is 458. The molecular formula is C15H23N3O3. The summed E-state index contributed by atoms with van der Waals surface area (Å²) in [6, 6.07) is 7.98.